The van der Waals surface area contributed by atoms with Crippen molar-refractivity contribution in [1.29, 1.82) is 0 Å². The van der Waals surface area contributed by atoms with E-state index in [1.54, 1.807) is 18.2 Å². The Labute approximate surface area is 138 Å². The summed E-state index contributed by atoms with van der Waals surface area (Å²) in [5.41, 5.74) is -0.219. The molecule has 1 atom stereocenters. The number of amides is 1. The summed E-state index contributed by atoms with van der Waals surface area (Å²) in [7, 11) is 0. The van der Waals surface area contributed by atoms with E-state index in [9.17, 15) is 14.7 Å². The van der Waals surface area contributed by atoms with E-state index in [1.165, 1.54) is 12.1 Å². The molecule has 0 bridgehead atoms. The first-order valence-corrected chi connectivity index (χ1v) is 7.47. The molecule has 0 saturated heterocycles. The molecule has 4 nitrogen and oxygen atoms in total. The number of benzene rings is 2. The van der Waals surface area contributed by atoms with Gasteiger partial charge in [0.2, 0.25) is 0 Å². The Morgan fingerprint density at radius 3 is 2.70 bits per heavy atom. The average Bonchev–Trinajstić information content (AvgIpc) is 2.78. The summed E-state index contributed by atoms with van der Waals surface area (Å²) in [6.45, 7) is 0. The second kappa shape index (κ2) is 5.99. The normalized spacial score (nSPS) is 19.7. The second-order valence-corrected chi connectivity index (χ2v) is 5.83. The van der Waals surface area contributed by atoms with E-state index < -0.39 is 11.5 Å². The Morgan fingerprint density at radius 2 is 1.96 bits per heavy atom. The van der Waals surface area contributed by atoms with Crippen molar-refractivity contribution in [2.24, 2.45) is 0 Å². The number of fused-ring (bicyclic) bond motifs is 1. The first-order chi connectivity index (χ1) is 11.0. The van der Waals surface area contributed by atoms with Gasteiger partial charge in [0.15, 0.2) is 11.4 Å². The maximum absolute atomic E-state index is 12.2. The number of nitrogens with one attached hydrogen (secondary N) is 1. The van der Waals surface area contributed by atoms with Crippen molar-refractivity contribution in [1.82, 2.24) is 0 Å². The van der Waals surface area contributed by atoms with Gasteiger partial charge in [-0.05, 0) is 29.8 Å². The van der Waals surface area contributed by atoms with Crippen molar-refractivity contribution >= 4 is 35.1 Å². The van der Waals surface area contributed by atoms with Gasteiger partial charge in [-0.25, -0.2) is 0 Å². The van der Waals surface area contributed by atoms with Gasteiger partial charge in [0.25, 0.3) is 5.91 Å². The Balaban J connectivity index is 1.82. The topological polar surface area (TPSA) is 66.4 Å². The number of ketones is 1. The number of anilines is 1. The van der Waals surface area contributed by atoms with Crippen molar-refractivity contribution in [3.8, 4) is 0 Å². The van der Waals surface area contributed by atoms with Crippen LogP contribution in [-0.4, -0.2) is 16.8 Å². The van der Waals surface area contributed by atoms with E-state index in [-0.39, 0.29) is 12.2 Å². The highest BCUT2D eigenvalue weighted by atomic mass is 35.5. The van der Waals surface area contributed by atoms with E-state index in [2.05, 4.69) is 5.32 Å². The number of hydrogen-bond acceptors (Lipinski definition) is 3. The van der Waals surface area contributed by atoms with Crippen molar-refractivity contribution in [3.63, 3.8) is 0 Å². The molecular formula is C18H14ClNO3. The van der Waals surface area contributed by atoms with Gasteiger partial charge in [-0.2, -0.15) is 0 Å². The number of hydrogen-bond donors (Lipinski definition) is 2. The summed E-state index contributed by atoms with van der Waals surface area (Å²) in [5.74, 6) is -0.962. The SMILES string of the molecule is O=C(C=Cc1ccccc1)C[C@]1(O)C(=O)Nc2ccc(Cl)cc21. The Hall–Kier alpha value is -2.43. The minimum atomic E-state index is -1.89. The summed E-state index contributed by atoms with van der Waals surface area (Å²) >= 11 is 5.93. The lowest BCUT2D eigenvalue weighted by atomic mass is 9.89. The van der Waals surface area contributed by atoms with Crippen LogP contribution in [0.25, 0.3) is 6.08 Å². The van der Waals surface area contributed by atoms with Crippen LogP contribution < -0.4 is 5.32 Å². The van der Waals surface area contributed by atoms with Gasteiger partial charge < -0.3 is 10.4 Å². The monoisotopic (exact) mass is 327 g/mol. The average molecular weight is 328 g/mol. The van der Waals surface area contributed by atoms with Crippen LogP contribution in [0.2, 0.25) is 5.02 Å². The van der Waals surface area contributed by atoms with Crippen LogP contribution in [0.3, 0.4) is 0 Å². The molecular weight excluding hydrogens is 314 g/mol. The van der Waals surface area contributed by atoms with Gasteiger partial charge >= 0.3 is 0 Å². The lowest BCUT2D eigenvalue weighted by molar-refractivity contribution is -0.138. The molecule has 1 amide bonds. The third-order valence-electron chi connectivity index (χ3n) is 3.74. The van der Waals surface area contributed by atoms with E-state index >= 15 is 0 Å². The Morgan fingerprint density at radius 1 is 1.22 bits per heavy atom. The highest BCUT2D eigenvalue weighted by Gasteiger charge is 2.46. The smallest absolute Gasteiger partial charge is 0.261 e. The van der Waals surface area contributed by atoms with E-state index in [1.807, 2.05) is 30.3 Å². The van der Waals surface area contributed by atoms with Crippen LogP contribution in [-0.2, 0) is 15.2 Å². The standard InChI is InChI=1S/C18H14ClNO3/c19-13-7-9-16-15(10-13)18(23,17(22)20-16)11-14(21)8-6-12-4-2-1-3-5-12/h1-10,23H,11H2,(H,20,22)/t18-/m1/s1. The molecule has 23 heavy (non-hydrogen) atoms. The minimum absolute atomic E-state index is 0.330. The predicted molar refractivity (Wildman–Crippen MR) is 89.1 cm³/mol. The number of carbonyl (C=O) groups is 2. The number of rotatable bonds is 4. The zero-order valence-electron chi connectivity index (χ0n) is 12.1. The lowest BCUT2D eigenvalue weighted by Crippen LogP contribution is -2.36. The van der Waals surface area contributed by atoms with Crippen molar-refractivity contribution in [2.75, 3.05) is 5.32 Å². The summed E-state index contributed by atoms with van der Waals surface area (Å²) in [6, 6.07) is 14.0. The summed E-state index contributed by atoms with van der Waals surface area (Å²) in [6.07, 6.45) is 2.68. The van der Waals surface area contributed by atoms with E-state index in [4.69, 9.17) is 11.6 Å². The first-order valence-electron chi connectivity index (χ1n) is 7.09. The number of halogens is 1. The van der Waals surface area contributed by atoms with Gasteiger partial charge in [-0.3, -0.25) is 9.59 Å². The maximum Gasteiger partial charge on any atom is 0.261 e. The zero-order chi connectivity index (χ0) is 16.4. The first kappa shape index (κ1) is 15.5. The minimum Gasteiger partial charge on any atom is -0.375 e. The zero-order valence-corrected chi connectivity index (χ0v) is 12.9. The molecule has 0 unspecified atom stereocenters. The van der Waals surface area contributed by atoms with E-state index in [0.29, 0.717) is 16.3 Å². The number of allylic oxidation sites excluding steroid dienone is 1. The lowest BCUT2D eigenvalue weighted by Gasteiger charge is -2.19. The molecule has 116 valence electrons. The largest absolute Gasteiger partial charge is 0.375 e. The Kier molecular flexibility index (Phi) is 4.03. The molecule has 0 radical (unpaired) electrons. The molecule has 2 aromatic carbocycles. The van der Waals surface area contributed by atoms with Crippen molar-refractivity contribution in [2.45, 2.75) is 12.0 Å². The highest BCUT2D eigenvalue weighted by Crippen LogP contribution is 2.39. The molecule has 1 aliphatic rings. The van der Waals surface area contributed by atoms with Crippen LogP contribution in [0.15, 0.2) is 54.6 Å². The van der Waals surface area contributed by atoms with Crippen LogP contribution >= 0.6 is 11.6 Å². The molecule has 0 aromatic heterocycles. The fourth-order valence-electron chi connectivity index (χ4n) is 2.56. The van der Waals surface area contributed by atoms with Crippen LogP contribution in [0, 0.1) is 0 Å². The molecule has 1 aliphatic heterocycles. The molecule has 0 fully saturated rings. The maximum atomic E-state index is 12.2. The predicted octanol–water partition coefficient (Wildman–Crippen LogP) is 3.15. The van der Waals surface area contributed by atoms with Crippen LogP contribution in [0.1, 0.15) is 17.5 Å². The fraction of sp³-hybridized carbons (Fsp3) is 0.111. The fourth-order valence-corrected chi connectivity index (χ4v) is 2.73. The number of aliphatic hydroxyl groups is 1. The summed E-state index contributed by atoms with van der Waals surface area (Å²) < 4.78 is 0. The van der Waals surface area contributed by atoms with Gasteiger partial charge in [-0.1, -0.05) is 48.0 Å². The van der Waals surface area contributed by atoms with Gasteiger partial charge in [-0.15, -0.1) is 0 Å². The summed E-state index contributed by atoms with van der Waals surface area (Å²) in [5, 5.41) is 13.6. The van der Waals surface area contributed by atoms with Crippen molar-refractivity contribution < 1.29 is 14.7 Å². The molecule has 1 heterocycles. The molecule has 2 N–H and O–H groups in total. The van der Waals surface area contributed by atoms with Crippen LogP contribution in [0.4, 0.5) is 5.69 Å². The van der Waals surface area contributed by atoms with E-state index in [0.717, 1.165) is 5.56 Å². The van der Waals surface area contributed by atoms with Crippen molar-refractivity contribution in [3.05, 3.63) is 70.8 Å². The summed E-state index contributed by atoms with van der Waals surface area (Å²) in [4.78, 5) is 24.3. The highest BCUT2D eigenvalue weighted by molar-refractivity contribution is 6.31. The third kappa shape index (κ3) is 3.04. The van der Waals surface area contributed by atoms with Gasteiger partial charge in [0.1, 0.15) is 0 Å². The molecule has 2 aromatic rings. The molecule has 0 saturated carbocycles. The molecule has 3 rings (SSSR count). The molecule has 5 heteroatoms. The van der Waals surface area contributed by atoms with Gasteiger partial charge in [0, 0.05) is 16.3 Å². The molecule has 0 aliphatic carbocycles. The van der Waals surface area contributed by atoms with Gasteiger partial charge in [0.05, 0.1) is 6.42 Å². The Bertz CT molecular complexity index is 801. The third-order valence-corrected chi connectivity index (χ3v) is 3.98. The number of carbonyl (C=O) groups excluding carboxylic acids is 2. The van der Waals surface area contributed by atoms with Crippen LogP contribution in [0.5, 0.6) is 0 Å². The molecule has 0 spiro atoms. The quantitative estimate of drug-likeness (QED) is 0.848. The second-order valence-electron chi connectivity index (χ2n) is 5.39.